The summed E-state index contributed by atoms with van der Waals surface area (Å²) in [5.74, 6) is 0.588. The van der Waals surface area contributed by atoms with Crippen molar-refractivity contribution in [2.75, 3.05) is 19.6 Å². The van der Waals surface area contributed by atoms with Crippen molar-refractivity contribution in [3.05, 3.63) is 34.9 Å². The lowest BCUT2D eigenvalue weighted by molar-refractivity contribution is -0.136. The number of carbonyl (C=O) groups excluding carboxylic acids is 3. The molecule has 3 N–H and O–H groups in total. The Balaban J connectivity index is 1.42. The number of fused-ring (bicyclic) bond motifs is 1. The average Bonchev–Trinajstić information content (AvgIpc) is 3.01. The van der Waals surface area contributed by atoms with Crippen LogP contribution in [-0.4, -0.2) is 48.3 Å². The van der Waals surface area contributed by atoms with Crippen LogP contribution in [0.1, 0.15) is 47.7 Å². The predicted octanol–water partition coefficient (Wildman–Crippen LogP) is 0.783. The SMILES string of the molecule is CC1CNCCC1CNCc1cccc2c1CN(C1CCC(=O)NC1=O)C2=O. The molecule has 0 aromatic heterocycles. The molecule has 150 valence electrons. The zero-order valence-corrected chi connectivity index (χ0v) is 16.3. The van der Waals surface area contributed by atoms with Crippen LogP contribution in [0.15, 0.2) is 18.2 Å². The maximum Gasteiger partial charge on any atom is 0.255 e. The van der Waals surface area contributed by atoms with Gasteiger partial charge in [-0.15, -0.1) is 0 Å². The van der Waals surface area contributed by atoms with E-state index in [4.69, 9.17) is 0 Å². The van der Waals surface area contributed by atoms with Crippen molar-refractivity contribution < 1.29 is 14.4 Å². The van der Waals surface area contributed by atoms with Crippen LogP contribution in [0, 0.1) is 11.8 Å². The van der Waals surface area contributed by atoms with Crippen molar-refractivity contribution in [2.24, 2.45) is 11.8 Å². The molecule has 2 saturated heterocycles. The first-order chi connectivity index (χ1) is 13.5. The molecule has 3 heterocycles. The van der Waals surface area contributed by atoms with E-state index in [9.17, 15) is 14.4 Å². The Morgan fingerprint density at radius 1 is 1.21 bits per heavy atom. The van der Waals surface area contributed by atoms with E-state index in [1.807, 2.05) is 12.1 Å². The van der Waals surface area contributed by atoms with Crippen LogP contribution in [0.25, 0.3) is 0 Å². The Labute approximate surface area is 165 Å². The van der Waals surface area contributed by atoms with Gasteiger partial charge in [-0.1, -0.05) is 19.1 Å². The molecular formula is C21H28N4O3. The zero-order chi connectivity index (χ0) is 19.7. The first-order valence-electron chi connectivity index (χ1n) is 10.2. The van der Waals surface area contributed by atoms with Crippen molar-refractivity contribution in [2.45, 2.75) is 45.3 Å². The van der Waals surface area contributed by atoms with Crippen molar-refractivity contribution >= 4 is 17.7 Å². The summed E-state index contributed by atoms with van der Waals surface area (Å²) in [5.41, 5.74) is 2.80. The van der Waals surface area contributed by atoms with E-state index in [-0.39, 0.29) is 24.1 Å². The summed E-state index contributed by atoms with van der Waals surface area (Å²) in [6.45, 7) is 6.56. The molecular weight excluding hydrogens is 356 g/mol. The first-order valence-corrected chi connectivity index (χ1v) is 10.2. The molecule has 7 nitrogen and oxygen atoms in total. The van der Waals surface area contributed by atoms with Crippen LogP contribution in [-0.2, 0) is 22.7 Å². The van der Waals surface area contributed by atoms with Crippen LogP contribution in [0.5, 0.6) is 0 Å². The second-order valence-corrected chi connectivity index (χ2v) is 8.20. The van der Waals surface area contributed by atoms with E-state index in [0.717, 1.165) is 37.3 Å². The minimum absolute atomic E-state index is 0.113. The quantitative estimate of drug-likeness (QED) is 0.653. The molecule has 3 atom stereocenters. The third-order valence-electron chi connectivity index (χ3n) is 6.36. The minimum atomic E-state index is -0.561. The molecule has 0 spiro atoms. The standard InChI is InChI=1S/C21H28N4O3/c1-13-9-22-8-7-14(13)10-23-11-15-3-2-4-16-17(15)12-25(21(16)28)18-5-6-19(26)24-20(18)27/h2-4,13-14,18,22-23H,5-12H2,1H3,(H,24,26,27). The summed E-state index contributed by atoms with van der Waals surface area (Å²) in [6, 6.07) is 5.24. The summed E-state index contributed by atoms with van der Waals surface area (Å²) in [7, 11) is 0. The molecule has 2 fully saturated rings. The fourth-order valence-corrected chi connectivity index (χ4v) is 4.58. The van der Waals surface area contributed by atoms with E-state index >= 15 is 0 Å². The van der Waals surface area contributed by atoms with Gasteiger partial charge in [-0.3, -0.25) is 19.7 Å². The highest BCUT2D eigenvalue weighted by Gasteiger charge is 2.39. The summed E-state index contributed by atoms with van der Waals surface area (Å²) in [6.07, 6.45) is 1.85. The fraction of sp³-hybridized carbons (Fsp3) is 0.571. The lowest BCUT2D eigenvalue weighted by Crippen LogP contribution is -2.52. The predicted molar refractivity (Wildman–Crippen MR) is 104 cm³/mol. The van der Waals surface area contributed by atoms with Gasteiger partial charge in [-0.25, -0.2) is 0 Å². The van der Waals surface area contributed by atoms with E-state index in [2.05, 4.69) is 28.9 Å². The van der Waals surface area contributed by atoms with Gasteiger partial charge in [0.15, 0.2) is 0 Å². The van der Waals surface area contributed by atoms with Gasteiger partial charge in [0.2, 0.25) is 11.8 Å². The third kappa shape index (κ3) is 3.69. The largest absolute Gasteiger partial charge is 0.322 e. The highest BCUT2D eigenvalue weighted by atomic mass is 16.2. The molecule has 28 heavy (non-hydrogen) atoms. The molecule has 1 aromatic carbocycles. The molecule has 0 aliphatic carbocycles. The normalized spacial score (nSPS) is 27.7. The second-order valence-electron chi connectivity index (χ2n) is 8.20. The van der Waals surface area contributed by atoms with Crippen LogP contribution < -0.4 is 16.0 Å². The monoisotopic (exact) mass is 384 g/mol. The zero-order valence-electron chi connectivity index (χ0n) is 16.3. The summed E-state index contributed by atoms with van der Waals surface area (Å²) < 4.78 is 0. The molecule has 3 amide bonds. The van der Waals surface area contributed by atoms with Gasteiger partial charge in [0.25, 0.3) is 5.91 Å². The number of carbonyl (C=O) groups is 3. The topological polar surface area (TPSA) is 90.5 Å². The van der Waals surface area contributed by atoms with Gasteiger partial charge in [0, 0.05) is 25.1 Å². The summed E-state index contributed by atoms with van der Waals surface area (Å²) >= 11 is 0. The van der Waals surface area contributed by atoms with E-state index in [0.29, 0.717) is 30.4 Å². The van der Waals surface area contributed by atoms with Crippen LogP contribution in [0.3, 0.4) is 0 Å². The number of benzene rings is 1. The Hall–Kier alpha value is -2.25. The number of hydrogen-bond donors (Lipinski definition) is 3. The smallest absolute Gasteiger partial charge is 0.255 e. The number of nitrogens with one attached hydrogen (secondary N) is 3. The lowest BCUT2D eigenvalue weighted by atomic mass is 9.88. The minimum Gasteiger partial charge on any atom is -0.322 e. The Morgan fingerprint density at radius 3 is 2.86 bits per heavy atom. The van der Waals surface area contributed by atoms with Crippen molar-refractivity contribution in [3.63, 3.8) is 0 Å². The molecule has 0 radical (unpaired) electrons. The van der Waals surface area contributed by atoms with Crippen molar-refractivity contribution in [1.82, 2.24) is 20.9 Å². The Kier molecular flexibility index (Phi) is 5.46. The average molecular weight is 384 g/mol. The van der Waals surface area contributed by atoms with Gasteiger partial charge in [-0.05, 0) is 61.5 Å². The number of rotatable bonds is 5. The maximum atomic E-state index is 12.9. The highest BCUT2D eigenvalue weighted by Crippen LogP contribution is 2.30. The number of amides is 3. The number of hydrogen-bond acceptors (Lipinski definition) is 5. The van der Waals surface area contributed by atoms with Crippen molar-refractivity contribution in [1.29, 1.82) is 0 Å². The number of nitrogens with zero attached hydrogens (tertiary/aromatic N) is 1. The molecule has 4 rings (SSSR count). The molecule has 3 aliphatic heterocycles. The molecule has 1 aromatic rings. The van der Waals surface area contributed by atoms with Gasteiger partial charge in [0.1, 0.15) is 6.04 Å². The molecule has 0 bridgehead atoms. The fourth-order valence-electron chi connectivity index (χ4n) is 4.58. The Morgan fingerprint density at radius 2 is 2.07 bits per heavy atom. The summed E-state index contributed by atoms with van der Waals surface area (Å²) in [4.78, 5) is 38.1. The first kappa shape index (κ1) is 19.1. The van der Waals surface area contributed by atoms with Crippen LogP contribution in [0.4, 0.5) is 0 Å². The van der Waals surface area contributed by atoms with E-state index < -0.39 is 6.04 Å². The van der Waals surface area contributed by atoms with Gasteiger partial charge in [-0.2, -0.15) is 0 Å². The second kappa shape index (κ2) is 8.01. The summed E-state index contributed by atoms with van der Waals surface area (Å²) in [5, 5.41) is 9.36. The van der Waals surface area contributed by atoms with E-state index in [1.54, 1.807) is 4.90 Å². The highest BCUT2D eigenvalue weighted by molar-refractivity contribution is 6.05. The lowest BCUT2D eigenvalue weighted by Gasteiger charge is -2.30. The van der Waals surface area contributed by atoms with Crippen LogP contribution in [0.2, 0.25) is 0 Å². The third-order valence-corrected chi connectivity index (χ3v) is 6.36. The maximum absolute atomic E-state index is 12.9. The van der Waals surface area contributed by atoms with E-state index in [1.165, 1.54) is 6.42 Å². The molecule has 3 unspecified atom stereocenters. The Bertz CT molecular complexity index is 794. The molecule has 7 heteroatoms. The number of imide groups is 1. The molecule has 0 saturated carbocycles. The number of piperidine rings is 2. The van der Waals surface area contributed by atoms with Crippen molar-refractivity contribution in [3.8, 4) is 0 Å². The van der Waals surface area contributed by atoms with Gasteiger partial charge in [0.05, 0.1) is 0 Å². The molecule has 3 aliphatic rings. The van der Waals surface area contributed by atoms with Gasteiger partial charge < -0.3 is 15.5 Å². The van der Waals surface area contributed by atoms with Crippen LogP contribution >= 0.6 is 0 Å². The van der Waals surface area contributed by atoms with Gasteiger partial charge >= 0.3 is 0 Å².